The minimum atomic E-state index is -0.404. The van der Waals surface area contributed by atoms with Gasteiger partial charge in [0.2, 0.25) is 0 Å². The van der Waals surface area contributed by atoms with Gasteiger partial charge in [-0.3, -0.25) is 10.1 Å². The third kappa shape index (κ3) is 2.79. The Hall–Kier alpha value is -1.95. The van der Waals surface area contributed by atoms with Crippen molar-refractivity contribution < 1.29 is 4.92 Å². The van der Waals surface area contributed by atoms with E-state index in [4.69, 9.17) is 0 Å². The van der Waals surface area contributed by atoms with Crippen LogP contribution in [0.1, 0.15) is 18.7 Å². The van der Waals surface area contributed by atoms with Gasteiger partial charge in [0, 0.05) is 23.2 Å². The normalized spacial score (nSPS) is 12.1. The number of hydrogen-bond acceptors (Lipinski definition) is 5. The maximum atomic E-state index is 10.6. The van der Waals surface area contributed by atoms with E-state index in [1.54, 1.807) is 17.6 Å². The van der Waals surface area contributed by atoms with Gasteiger partial charge in [-0.25, -0.2) is 4.98 Å². The Morgan fingerprint density at radius 2 is 2.35 bits per heavy atom. The predicted octanol–water partition coefficient (Wildman–Crippen LogP) is 3.22. The van der Waals surface area contributed by atoms with Gasteiger partial charge in [0.25, 0.3) is 5.69 Å². The lowest BCUT2D eigenvalue weighted by atomic mass is 10.2. The summed E-state index contributed by atoms with van der Waals surface area (Å²) in [5.74, 6) is 0. The van der Waals surface area contributed by atoms with Crippen molar-refractivity contribution in [1.29, 1.82) is 0 Å². The van der Waals surface area contributed by atoms with Crippen LogP contribution in [0.25, 0.3) is 0 Å². The number of benzene rings is 1. The molecule has 1 aromatic heterocycles. The molecule has 2 rings (SSSR count). The summed E-state index contributed by atoms with van der Waals surface area (Å²) in [4.78, 5) is 14.4. The topological polar surface area (TPSA) is 68.1 Å². The van der Waals surface area contributed by atoms with E-state index in [0.29, 0.717) is 0 Å². The van der Waals surface area contributed by atoms with Gasteiger partial charge < -0.3 is 5.32 Å². The van der Waals surface area contributed by atoms with Crippen molar-refractivity contribution in [3.8, 4) is 0 Å². The molecule has 88 valence electrons. The number of nitrogens with zero attached hydrogens (tertiary/aromatic N) is 2. The molecule has 0 aliphatic heterocycles. The highest BCUT2D eigenvalue weighted by molar-refractivity contribution is 7.07. The first-order chi connectivity index (χ1) is 8.16. The van der Waals surface area contributed by atoms with Gasteiger partial charge in [0.1, 0.15) is 0 Å². The molecule has 1 aromatic carbocycles. The fourth-order valence-electron chi connectivity index (χ4n) is 1.47. The van der Waals surface area contributed by atoms with Crippen molar-refractivity contribution in [2.45, 2.75) is 13.0 Å². The summed E-state index contributed by atoms with van der Waals surface area (Å²) in [6.45, 7) is 1.97. The molecule has 0 saturated heterocycles. The third-order valence-electron chi connectivity index (χ3n) is 2.34. The van der Waals surface area contributed by atoms with E-state index in [0.717, 1.165) is 11.4 Å². The number of nitrogens with one attached hydrogen (secondary N) is 1. The second kappa shape index (κ2) is 4.92. The number of thiazole rings is 1. The Kier molecular flexibility index (Phi) is 3.34. The molecule has 5 nitrogen and oxygen atoms in total. The summed E-state index contributed by atoms with van der Waals surface area (Å²) in [5, 5.41) is 15.8. The van der Waals surface area contributed by atoms with E-state index in [9.17, 15) is 10.1 Å². The molecule has 0 spiro atoms. The Morgan fingerprint density at radius 3 is 3.00 bits per heavy atom. The molecule has 0 radical (unpaired) electrons. The summed E-state index contributed by atoms with van der Waals surface area (Å²) in [5.41, 5.74) is 3.50. The van der Waals surface area contributed by atoms with Gasteiger partial charge in [-0.1, -0.05) is 6.07 Å². The number of non-ortho nitro benzene ring substituents is 1. The van der Waals surface area contributed by atoms with Gasteiger partial charge in [0.05, 0.1) is 22.2 Å². The van der Waals surface area contributed by atoms with Crippen LogP contribution in [0.5, 0.6) is 0 Å². The molecule has 1 N–H and O–H groups in total. The average Bonchev–Trinajstić information content (AvgIpc) is 2.82. The number of rotatable bonds is 4. The molecule has 0 aliphatic rings. The number of hydrogen-bond donors (Lipinski definition) is 1. The minimum absolute atomic E-state index is 0.0308. The number of aromatic nitrogens is 1. The van der Waals surface area contributed by atoms with Crippen molar-refractivity contribution in [2.24, 2.45) is 0 Å². The molecule has 17 heavy (non-hydrogen) atoms. The largest absolute Gasteiger partial charge is 0.377 e. The smallest absolute Gasteiger partial charge is 0.271 e. The fourth-order valence-corrected chi connectivity index (χ4v) is 2.12. The second-order valence-corrected chi connectivity index (χ2v) is 4.31. The van der Waals surface area contributed by atoms with Gasteiger partial charge >= 0.3 is 0 Å². The van der Waals surface area contributed by atoms with Crippen molar-refractivity contribution in [1.82, 2.24) is 4.98 Å². The highest BCUT2D eigenvalue weighted by Gasteiger charge is 2.10. The molecule has 0 bridgehead atoms. The molecular formula is C11H11N3O2S. The van der Waals surface area contributed by atoms with E-state index in [2.05, 4.69) is 10.3 Å². The van der Waals surface area contributed by atoms with Crippen LogP contribution < -0.4 is 5.32 Å². The molecule has 1 heterocycles. The van der Waals surface area contributed by atoms with Gasteiger partial charge in [-0.15, -0.1) is 11.3 Å². The van der Waals surface area contributed by atoms with Crippen LogP contribution in [0.4, 0.5) is 11.4 Å². The zero-order valence-electron chi connectivity index (χ0n) is 9.16. The van der Waals surface area contributed by atoms with E-state index in [1.807, 2.05) is 12.3 Å². The van der Waals surface area contributed by atoms with Crippen LogP contribution in [0.2, 0.25) is 0 Å². The van der Waals surface area contributed by atoms with Crippen LogP contribution in [0.15, 0.2) is 35.2 Å². The molecule has 6 heteroatoms. The second-order valence-electron chi connectivity index (χ2n) is 3.59. The number of nitro groups is 1. The first kappa shape index (κ1) is 11.5. The quantitative estimate of drug-likeness (QED) is 0.667. The van der Waals surface area contributed by atoms with Crippen LogP contribution in [-0.2, 0) is 0 Å². The van der Waals surface area contributed by atoms with Crippen LogP contribution in [0.3, 0.4) is 0 Å². The lowest BCUT2D eigenvalue weighted by Crippen LogP contribution is -2.06. The first-order valence-electron chi connectivity index (χ1n) is 5.06. The molecule has 1 unspecified atom stereocenters. The monoisotopic (exact) mass is 249 g/mol. The molecular weight excluding hydrogens is 238 g/mol. The zero-order chi connectivity index (χ0) is 12.3. The molecule has 0 aliphatic carbocycles. The summed E-state index contributed by atoms with van der Waals surface area (Å²) in [7, 11) is 0. The van der Waals surface area contributed by atoms with Crippen molar-refractivity contribution in [2.75, 3.05) is 5.32 Å². The van der Waals surface area contributed by atoms with Crippen molar-refractivity contribution in [3.63, 3.8) is 0 Å². The van der Waals surface area contributed by atoms with Crippen LogP contribution in [0, 0.1) is 10.1 Å². The Balaban J connectivity index is 2.13. The lowest BCUT2D eigenvalue weighted by molar-refractivity contribution is -0.384. The Labute approximate surface area is 102 Å². The van der Waals surface area contributed by atoms with Gasteiger partial charge in [0.15, 0.2) is 0 Å². The summed E-state index contributed by atoms with van der Waals surface area (Å²) in [6.07, 6.45) is 0. The minimum Gasteiger partial charge on any atom is -0.377 e. The predicted molar refractivity (Wildman–Crippen MR) is 67.2 cm³/mol. The maximum absolute atomic E-state index is 10.6. The lowest BCUT2D eigenvalue weighted by Gasteiger charge is -2.12. The SMILES string of the molecule is CC(Nc1cccc([N+](=O)[O-])c1)c1cscn1. The third-order valence-corrected chi connectivity index (χ3v) is 2.94. The van der Waals surface area contributed by atoms with E-state index < -0.39 is 4.92 Å². The summed E-state index contributed by atoms with van der Waals surface area (Å²) >= 11 is 1.53. The summed E-state index contributed by atoms with van der Waals surface area (Å²) in [6, 6.07) is 6.48. The van der Waals surface area contributed by atoms with Gasteiger partial charge in [-0.05, 0) is 13.0 Å². The molecule has 0 amide bonds. The summed E-state index contributed by atoms with van der Waals surface area (Å²) < 4.78 is 0. The van der Waals surface area contributed by atoms with E-state index >= 15 is 0 Å². The van der Waals surface area contributed by atoms with Crippen molar-refractivity contribution in [3.05, 3.63) is 51.0 Å². The van der Waals surface area contributed by atoms with Gasteiger partial charge in [-0.2, -0.15) is 0 Å². The highest BCUT2D eigenvalue weighted by atomic mass is 32.1. The number of nitro benzene ring substituents is 1. The van der Waals surface area contributed by atoms with Crippen molar-refractivity contribution >= 4 is 22.7 Å². The Morgan fingerprint density at radius 1 is 1.53 bits per heavy atom. The molecule has 2 aromatic rings. The van der Waals surface area contributed by atoms with Crippen LogP contribution in [-0.4, -0.2) is 9.91 Å². The molecule has 0 saturated carbocycles. The van der Waals surface area contributed by atoms with Crippen LogP contribution >= 0.6 is 11.3 Å². The van der Waals surface area contributed by atoms with E-state index in [-0.39, 0.29) is 11.7 Å². The fraction of sp³-hybridized carbons (Fsp3) is 0.182. The number of anilines is 1. The Bertz CT molecular complexity index is 513. The van der Waals surface area contributed by atoms with E-state index in [1.165, 1.54) is 23.5 Å². The maximum Gasteiger partial charge on any atom is 0.271 e. The average molecular weight is 249 g/mol. The molecule has 0 fully saturated rings. The standard InChI is InChI=1S/C11H11N3O2S/c1-8(11-6-17-7-12-11)13-9-3-2-4-10(5-9)14(15)16/h2-8,13H,1H3. The highest BCUT2D eigenvalue weighted by Crippen LogP contribution is 2.22. The first-order valence-corrected chi connectivity index (χ1v) is 6.00. The molecule has 1 atom stereocenters. The zero-order valence-corrected chi connectivity index (χ0v) is 9.98.